The number of carbonyl (C=O) groups is 1. The van der Waals surface area contributed by atoms with Gasteiger partial charge in [0.15, 0.2) is 0 Å². The van der Waals surface area contributed by atoms with Crippen molar-refractivity contribution in [2.24, 2.45) is 0 Å². The lowest BCUT2D eigenvalue weighted by Gasteiger charge is -1.95. The van der Waals surface area contributed by atoms with E-state index in [1.165, 1.54) is 0 Å². The maximum absolute atomic E-state index is 12.1. The van der Waals surface area contributed by atoms with E-state index in [2.05, 4.69) is 15.0 Å². The Morgan fingerprint density at radius 1 is 1.36 bits per heavy atom. The molecule has 7 heteroatoms. The van der Waals surface area contributed by atoms with Crippen LogP contribution in [0.25, 0.3) is 22.4 Å². The van der Waals surface area contributed by atoms with Crippen LogP contribution in [0.1, 0.15) is 26.8 Å². The van der Waals surface area contributed by atoms with Crippen LogP contribution in [0.2, 0.25) is 0 Å². The Balaban J connectivity index is 2.08. The third-order valence-corrected chi connectivity index (χ3v) is 4.29. The average molecular weight is 313 g/mol. The fraction of sp³-hybridized carbons (Fsp3) is 0.0667. The Bertz CT molecular complexity index is 942. The van der Waals surface area contributed by atoms with Crippen molar-refractivity contribution in [1.29, 1.82) is 0 Å². The van der Waals surface area contributed by atoms with Crippen molar-refractivity contribution >= 4 is 39.7 Å². The normalized spacial score (nSPS) is 11.3. The van der Waals surface area contributed by atoms with E-state index in [1.54, 1.807) is 25.3 Å². The van der Waals surface area contributed by atoms with Crippen molar-refractivity contribution in [3.63, 3.8) is 0 Å². The molecule has 0 saturated heterocycles. The molecular weight excluding hydrogens is 302 g/mol. The van der Waals surface area contributed by atoms with Crippen LogP contribution in [-0.4, -0.2) is 26.0 Å². The van der Waals surface area contributed by atoms with E-state index in [4.69, 9.17) is 5.11 Å². The second kappa shape index (κ2) is 5.53. The van der Waals surface area contributed by atoms with E-state index in [1.807, 2.05) is 18.2 Å². The lowest BCUT2D eigenvalue weighted by Crippen LogP contribution is -2.09. The van der Waals surface area contributed by atoms with Crippen LogP contribution < -0.4 is 5.56 Å². The van der Waals surface area contributed by atoms with Crippen LogP contribution in [0.15, 0.2) is 29.2 Å². The van der Waals surface area contributed by atoms with Gasteiger partial charge in [-0.25, -0.2) is 9.78 Å². The van der Waals surface area contributed by atoms with Gasteiger partial charge in [-0.3, -0.25) is 9.78 Å². The van der Waals surface area contributed by atoms with Crippen molar-refractivity contribution in [1.82, 2.24) is 15.0 Å². The Kier molecular flexibility index (Phi) is 3.56. The van der Waals surface area contributed by atoms with E-state index in [-0.39, 0.29) is 10.4 Å². The van der Waals surface area contributed by atoms with Gasteiger partial charge in [-0.1, -0.05) is 6.07 Å². The summed E-state index contributed by atoms with van der Waals surface area (Å²) in [5, 5.41) is 9.46. The number of aromatic amines is 1. The maximum Gasteiger partial charge on any atom is 0.346 e. The monoisotopic (exact) mass is 313 g/mol. The number of fused-ring (bicyclic) bond motifs is 1. The molecule has 22 heavy (non-hydrogen) atoms. The lowest BCUT2D eigenvalue weighted by molar-refractivity contribution is 0.0701. The Hall–Kier alpha value is -2.80. The van der Waals surface area contributed by atoms with Gasteiger partial charge >= 0.3 is 5.97 Å². The predicted octanol–water partition coefficient (Wildman–Crippen LogP) is 2.56. The van der Waals surface area contributed by atoms with E-state index in [9.17, 15) is 9.59 Å². The van der Waals surface area contributed by atoms with Crippen LogP contribution in [-0.2, 0) is 0 Å². The minimum Gasteiger partial charge on any atom is -0.477 e. The van der Waals surface area contributed by atoms with Gasteiger partial charge in [0.05, 0.1) is 11.1 Å². The standard InChI is InChI=1S/C15H11N3O3S/c1-8-11-13(19)17-10(6-5-9-4-2-3-7-16-9)18-14(11)22-12(8)15(20)21/h2-7H,1H3,(H,20,21)(H,17,18,19)/b6-5+. The van der Waals surface area contributed by atoms with Gasteiger partial charge in [0.2, 0.25) is 0 Å². The fourth-order valence-electron chi connectivity index (χ4n) is 2.08. The summed E-state index contributed by atoms with van der Waals surface area (Å²) in [7, 11) is 0. The van der Waals surface area contributed by atoms with Gasteiger partial charge in [0.1, 0.15) is 15.5 Å². The molecule has 3 aromatic rings. The molecule has 3 aromatic heterocycles. The summed E-state index contributed by atoms with van der Waals surface area (Å²) >= 11 is 1.00. The number of hydrogen-bond acceptors (Lipinski definition) is 5. The Morgan fingerprint density at radius 3 is 2.86 bits per heavy atom. The van der Waals surface area contributed by atoms with Gasteiger partial charge < -0.3 is 10.1 Å². The second-order valence-corrected chi connectivity index (χ2v) is 5.58. The molecule has 0 atom stereocenters. The number of hydrogen-bond donors (Lipinski definition) is 2. The largest absolute Gasteiger partial charge is 0.477 e. The quantitative estimate of drug-likeness (QED) is 0.774. The first kappa shape index (κ1) is 14.2. The van der Waals surface area contributed by atoms with Crippen molar-refractivity contribution in [2.45, 2.75) is 6.92 Å². The molecule has 2 N–H and O–H groups in total. The van der Waals surface area contributed by atoms with Gasteiger partial charge in [0.25, 0.3) is 5.56 Å². The topological polar surface area (TPSA) is 95.9 Å². The fourth-order valence-corrected chi connectivity index (χ4v) is 3.11. The van der Waals surface area contributed by atoms with Crippen molar-refractivity contribution < 1.29 is 9.90 Å². The van der Waals surface area contributed by atoms with Crippen LogP contribution in [0, 0.1) is 6.92 Å². The zero-order valence-corrected chi connectivity index (χ0v) is 12.3. The molecule has 3 heterocycles. The molecular formula is C15H11N3O3S. The molecule has 0 aliphatic carbocycles. The summed E-state index contributed by atoms with van der Waals surface area (Å²) in [5.41, 5.74) is 0.840. The van der Waals surface area contributed by atoms with Crippen molar-refractivity contribution in [3.8, 4) is 0 Å². The summed E-state index contributed by atoms with van der Waals surface area (Å²) in [6.45, 7) is 1.61. The molecule has 0 aromatic carbocycles. The molecule has 0 aliphatic rings. The van der Waals surface area contributed by atoms with Gasteiger partial charge in [0, 0.05) is 6.20 Å². The molecule has 110 valence electrons. The van der Waals surface area contributed by atoms with E-state index in [0.717, 1.165) is 17.0 Å². The molecule has 0 radical (unpaired) electrons. The molecule has 0 fully saturated rings. The molecule has 3 rings (SSSR count). The van der Waals surface area contributed by atoms with Crippen LogP contribution >= 0.6 is 11.3 Å². The second-order valence-electron chi connectivity index (χ2n) is 4.58. The highest BCUT2D eigenvalue weighted by atomic mass is 32.1. The van der Waals surface area contributed by atoms with Gasteiger partial charge in [-0.2, -0.15) is 0 Å². The van der Waals surface area contributed by atoms with Gasteiger partial charge in [-0.15, -0.1) is 11.3 Å². The number of carboxylic acid groups (broad SMARTS) is 1. The first-order valence-corrected chi connectivity index (χ1v) is 7.23. The maximum atomic E-state index is 12.1. The zero-order chi connectivity index (χ0) is 15.7. The van der Waals surface area contributed by atoms with Crippen molar-refractivity contribution in [3.05, 3.63) is 56.7 Å². The summed E-state index contributed by atoms with van der Waals surface area (Å²) in [6, 6.07) is 5.49. The summed E-state index contributed by atoms with van der Waals surface area (Å²) in [4.78, 5) is 34.9. The van der Waals surface area contributed by atoms with E-state index in [0.29, 0.717) is 21.6 Å². The number of pyridine rings is 1. The first-order valence-electron chi connectivity index (χ1n) is 6.42. The van der Waals surface area contributed by atoms with E-state index >= 15 is 0 Å². The number of aromatic carboxylic acids is 1. The highest BCUT2D eigenvalue weighted by Gasteiger charge is 2.18. The number of aromatic nitrogens is 3. The number of thiophene rings is 1. The molecule has 0 saturated carbocycles. The SMILES string of the molecule is Cc1c(C(=O)O)sc2nc(/C=C/c3ccccn3)[nH]c(=O)c12. The number of rotatable bonds is 3. The molecule has 0 amide bonds. The minimum atomic E-state index is -1.05. The van der Waals surface area contributed by atoms with Crippen LogP contribution in [0.4, 0.5) is 0 Å². The lowest BCUT2D eigenvalue weighted by atomic mass is 10.2. The molecule has 0 aliphatic heterocycles. The highest BCUT2D eigenvalue weighted by molar-refractivity contribution is 7.20. The molecule has 6 nitrogen and oxygen atoms in total. The number of aryl methyl sites for hydroxylation is 1. The zero-order valence-electron chi connectivity index (χ0n) is 11.5. The van der Waals surface area contributed by atoms with Crippen molar-refractivity contribution in [2.75, 3.05) is 0 Å². The average Bonchev–Trinajstić information content (AvgIpc) is 2.84. The number of nitrogens with one attached hydrogen (secondary N) is 1. The third kappa shape index (κ3) is 2.53. The summed E-state index contributed by atoms with van der Waals surface area (Å²) in [6.07, 6.45) is 5.03. The molecule has 0 unspecified atom stereocenters. The number of H-pyrrole nitrogens is 1. The first-order chi connectivity index (χ1) is 10.6. The molecule has 0 bridgehead atoms. The predicted molar refractivity (Wildman–Crippen MR) is 85.1 cm³/mol. The Morgan fingerprint density at radius 2 is 2.18 bits per heavy atom. The highest BCUT2D eigenvalue weighted by Crippen LogP contribution is 2.26. The van der Waals surface area contributed by atoms with Crippen LogP contribution in [0.5, 0.6) is 0 Å². The number of nitrogens with zero attached hydrogens (tertiary/aromatic N) is 2. The minimum absolute atomic E-state index is 0.138. The smallest absolute Gasteiger partial charge is 0.346 e. The summed E-state index contributed by atoms with van der Waals surface area (Å²) < 4.78 is 0. The molecule has 0 spiro atoms. The Labute approximate surface area is 128 Å². The van der Waals surface area contributed by atoms with E-state index < -0.39 is 5.97 Å². The number of carboxylic acids is 1. The third-order valence-electron chi connectivity index (χ3n) is 3.11. The van der Waals surface area contributed by atoms with Gasteiger partial charge in [-0.05, 0) is 36.8 Å². The van der Waals surface area contributed by atoms with Crippen LogP contribution in [0.3, 0.4) is 0 Å². The summed E-state index contributed by atoms with van der Waals surface area (Å²) in [5.74, 6) is -0.688.